The van der Waals surface area contributed by atoms with E-state index in [4.69, 9.17) is 4.42 Å². The number of hydrogen-bond acceptors (Lipinski definition) is 4. The maximum Gasteiger partial charge on any atom is 0.291 e. The van der Waals surface area contributed by atoms with E-state index in [1.807, 2.05) is 0 Å². The molecular formula is C10H14N2O3. The van der Waals surface area contributed by atoms with Crippen LogP contribution < -0.4 is 0 Å². The van der Waals surface area contributed by atoms with Crippen molar-refractivity contribution in [3.05, 3.63) is 17.8 Å². The van der Waals surface area contributed by atoms with Gasteiger partial charge in [-0.1, -0.05) is 0 Å². The predicted octanol–water partition coefficient (Wildman–Crippen LogP) is 0.580. The van der Waals surface area contributed by atoms with Crippen LogP contribution in [0.5, 0.6) is 0 Å². The molecule has 1 aliphatic heterocycles. The molecule has 1 aliphatic rings. The topological polar surface area (TPSA) is 66.6 Å². The summed E-state index contributed by atoms with van der Waals surface area (Å²) in [6.07, 6.45) is 1.86. The van der Waals surface area contributed by atoms with Gasteiger partial charge in [0.1, 0.15) is 0 Å². The van der Waals surface area contributed by atoms with E-state index in [-0.39, 0.29) is 11.7 Å². The van der Waals surface area contributed by atoms with Crippen molar-refractivity contribution in [1.82, 2.24) is 9.88 Å². The van der Waals surface area contributed by atoms with Gasteiger partial charge in [0.05, 0.1) is 11.3 Å². The highest BCUT2D eigenvalue weighted by molar-refractivity contribution is 5.92. The van der Waals surface area contributed by atoms with Crippen LogP contribution in [-0.4, -0.2) is 39.6 Å². The molecular weight excluding hydrogens is 196 g/mol. The summed E-state index contributed by atoms with van der Waals surface area (Å²) in [5.74, 6) is 0.0791. The van der Waals surface area contributed by atoms with Gasteiger partial charge in [-0.3, -0.25) is 4.79 Å². The van der Waals surface area contributed by atoms with Crippen molar-refractivity contribution < 1.29 is 14.3 Å². The molecule has 82 valence electrons. The molecule has 0 aromatic carbocycles. The number of likely N-dealkylation sites (tertiary alicyclic amines) is 1. The first-order valence-corrected chi connectivity index (χ1v) is 4.91. The standard InChI is InChI=1S/C10H14N2O3/c1-7-8(15-6-11-7)9(13)12-4-3-10(2,14)5-12/h6,14H,3-5H2,1-2H3. The van der Waals surface area contributed by atoms with Crippen LogP contribution in [0.1, 0.15) is 29.6 Å². The van der Waals surface area contributed by atoms with E-state index >= 15 is 0 Å². The number of aryl methyl sites for hydroxylation is 1. The van der Waals surface area contributed by atoms with Gasteiger partial charge < -0.3 is 14.4 Å². The summed E-state index contributed by atoms with van der Waals surface area (Å²) in [7, 11) is 0. The van der Waals surface area contributed by atoms with Crippen molar-refractivity contribution in [2.45, 2.75) is 25.9 Å². The monoisotopic (exact) mass is 210 g/mol. The van der Waals surface area contributed by atoms with E-state index in [9.17, 15) is 9.90 Å². The quantitative estimate of drug-likeness (QED) is 0.736. The molecule has 0 saturated carbocycles. The minimum absolute atomic E-state index is 0.192. The van der Waals surface area contributed by atoms with Crippen molar-refractivity contribution in [2.75, 3.05) is 13.1 Å². The second kappa shape index (κ2) is 3.34. The predicted molar refractivity (Wildman–Crippen MR) is 52.4 cm³/mol. The number of aliphatic hydroxyl groups is 1. The molecule has 0 spiro atoms. The number of nitrogens with zero attached hydrogens (tertiary/aromatic N) is 2. The average molecular weight is 210 g/mol. The van der Waals surface area contributed by atoms with Gasteiger partial charge in [-0.05, 0) is 20.3 Å². The van der Waals surface area contributed by atoms with E-state index in [1.54, 1.807) is 18.7 Å². The molecule has 0 bridgehead atoms. The van der Waals surface area contributed by atoms with Gasteiger partial charge in [0.2, 0.25) is 5.76 Å². The molecule has 2 heterocycles. The lowest BCUT2D eigenvalue weighted by molar-refractivity contribution is 0.0554. The fraction of sp³-hybridized carbons (Fsp3) is 0.600. The zero-order chi connectivity index (χ0) is 11.1. The molecule has 1 N–H and O–H groups in total. The van der Waals surface area contributed by atoms with Crippen LogP contribution in [-0.2, 0) is 0 Å². The minimum atomic E-state index is -0.774. The van der Waals surface area contributed by atoms with Crippen LogP contribution in [0.3, 0.4) is 0 Å². The number of oxazole rings is 1. The maximum absolute atomic E-state index is 11.9. The normalized spacial score (nSPS) is 25.9. The highest BCUT2D eigenvalue weighted by Crippen LogP contribution is 2.22. The first-order chi connectivity index (χ1) is 6.99. The Morgan fingerprint density at radius 2 is 2.47 bits per heavy atom. The lowest BCUT2D eigenvalue weighted by atomic mass is 10.1. The van der Waals surface area contributed by atoms with Gasteiger partial charge in [0.15, 0.2) is 6.39 Å². The average Bonchev–Trinajstić information content (AvgIpc) is 2.71. The molecule has 1 unspecified atom stereocenters. The molecule has 1 atom stereocenters. The van der Waals surface area contributed by atoms with E-state index in [2.05, 4.69) is 4.98 Å². The Balaban J connectivity index is 2.14. The Hall–Kier alpha value is -1.36. The Morgan fingerprint density at radius 1 is 1.73 bits per heavy atom. The van der Waals surface area contributed by atoms with Gasteiger partial charge in [-0.25, -0.2) is 4.98 Å². The summed E-state index contributed by atoms with van der Waals surface area (Å²) in [5, 5.41) is 9.74. The highest BCUT2D eigenvalue weighted by atomic mass is 16.4. The first-order valence-electron chi connectivity index (χ1n) is 4.91. The van der Waals surface area contributed by atoms with Crippen molar-refractivity contribution in [2.24, 2.45) is 0 Å². The summed E-state index contributed by atoms with van der Waals surface area (Å²) in [6.45, 7) is 4.37. The number of amides is 1. The number of β-amino-alcohol motifs (C(OH)–C–C–N with tert-alkyl or cyclic N) is 1. The molecule has 1 amide bonds. The van der Waals surface area contributed by atoms with Crippen LogP contribution in [0, 0.1) is 6.92 Å². The summed E-state index contributed by atoms with van der Waals surface area (Å²) in [5.41, 5.74) is -0.185. The van der Waals surface area contributed by atoms with E-state index in [1.165, 1.54) is 6.39 Å². The molecule has 5 heteroatoms. The van der Waals surface area contributed by atoms with Crippen molar-refractivity contribution in [3.8, 4) is 0 Å². The van der Waals surface area contributed by atoms with Crippen LogP contribution >= 0.6 is 0 Å². The first kappa shape index (κ1) is 10.2. The largest absolute Gasteiger partial charge is 0.438 e. The maximum atomic E-state index is 11.9. The van der Waals surface area contributed by atoms with E-state index in [0.717, 1.165) is 0 Å². The molecule has 2 rings (SSSR count). The minimum Gasteiger partial charge on any atom is -0.438 e. The summed E-state index contributed by atoms with van der Waals surface area (Å²) in [6, 6.07) is 0. The van der Waals surface area contributed by atoms with E-state index < -0.39 is 5.60 Å². The third-order valence-corrected chi connectivity index (χ3v) is 2.68. The van der Waals surface area contributed by atoms with Crippen LogP contribution in [0.2, 0.25) is 0 Å². The Kier molecular flexibility index (Phi) is 2.26. The molecule has 1 saturated heterocycles. The lowest BCUT2D eigenvalue weighted by Crippen LogP contribution is -2.34. The SMILES string of the molecule is Cc1ncoc1C(=O)N1CCC(C)(O)C1. The molecule has 15 heavy (non-hydrogen) atoms. The number of carbonyl (C=O) groups is 1. The number of hydrogen-bond donors (Lipinski definition) is 1. The van der Waals surface area contributed by atoms with Crippen molar-refractivity contribution in [1.29, 1.82) is 0 Å². The van der Waals surface area contributed by atoms with Gasteiger partial charge in [-0.2, -0.15) is 0 Å². The lowest BCUT2D eigenvalue weighted by Gasteiger charge is -2.17. The van der Waals surface area contributed by atoms with Crippen LogP contribution in [0.4, 0.5) is 0 Å². The van der Waals surface area contributed by atoms with Gasteiger partial charge >= 0.3 is 0 Å². The number of carbonyl (C=O) groups excluding carboxylic acids is 1. The van der Waals surface area contributed by atoms with Crippen molar-refractivity contribution in [3.63, 3.8) is 0 Å². The molecule has 0 aliphatic carbocycles. The Bertz CT molecular complexity index is 384. The summed E-state index contributed by atoms with van der Waals surface area (Å²) in [4.78, 5) is 17.4. The zero-order valence-corrected chi connectivity index (χ0v) is 8.86. The molecule has 1 fully saturated rings. The fourth-order valence-electron chi connectivity index (χ4n) is 1.77. The number of rotatable bonds is 1. The Labute approximate surface area is 87.7 Å². The summed E-state index contributed by atoms with van der Waals surface area (Å²) < 4.78 is 5.02. The van der Waals surface area contributed by atoms with Crippen LogP contribution in [0.25, 0.3) is 0 Å². The molecule has 5 nitrogen and oxygen atoms in total. The third kappa shape index (κ3) is 1.87. The molecule has 1 aromatic rings. The highest BCUT2D eigenvalue weighted by Gasteiger charge is 2.35. The Morgan fingerprint density at radius 3 is 2.93 bits per heavy atom. The van der Waals surface area contributed by atoms with Gasteiger partial charge in [-0.15, -0.1) is 0 Å². The van der Waals surface area contributed by atoms with Crippen molar-refractivity contribution >= 4 is 5.91 Å². The fourth-order valence-corrected chi connectivity index (χ4v) is 1.77. The summed E-state index contributed by atoms with van der Waals surface area (Å²) >= 11 is 0. The zero-order valence-electron chi connectivity index (χ0n) is 8.86. The molecule has 1 aromatic heterocycles. The van der Waals surface area contributed by atoms with Crippen LogP contribution in [0.15, 0.2) is 10.8 Å². The van der Waals surface area contributed by atoms with Gasteiger partial charge in [0, 0.05) is 13.1 Å². The van der Waals surface area contributed by atoms with Gasteiger partial charge in [0.25, 0.3) is 5.91 Å². The third-order valence-electron chi connectivity index (χ3n) is 2.68. The van der Waals surface area contributed by atoms with E-state index in [0.29, 0.717) is 25.2 Å². The molecule has 0 radical (unpaired) electrons. The second-order valence-electron chi connectivity index (χ2n) is 4.24. The smallest absolute Gasteiger partial charge is 0.291 e. The second-order valence-corrected chi connectivity index (χ2v) is 4.24. The number of aromatic nitrogens is 1.